The number of hydrogen-bond acceptors (Lipinski definition) is 3. The Hall–Kier alpha value is -0.900. The Bertz CT molecular complexity index is 296. The minimum absolute atomic E-state index is 0.262. The number of carbonyl (C=O) groups excluding carboxylic acids is 2. The van der Waals surface area contributed by atoms with Crippen LogP contribution in [0.25, 0.3) is 0 Å². The molecule has 2 N–H and O–H groups in total. The molecular formula is C13H22N2O2. The molecule has 4 heteroatoms. The number of ketones is 1. The summed E-state index contributed by atoms with van der Waals surface area (Å²) in [7, 11) is 0. The Morgan fingerprint density at radius 1 is 1.24 bits per heavy atom. The van der Waals surface area contributed by atoms with Crippen LogP contribution in [0.4, 0.5) is 0 Å². The van der Waals surface area contributed by atoms with Crippen LogP contribution in [0.5, 0.6) is 0 Å². The van der Waals surface area contributed by atoms with Gasteiger partial charge in [-0.2, -0.15) is 0 Å². The van der Waals surface area contributed by atoms with Gasteiger partial charge in [0, 0.05) is 6.04 Å². The summed E-state index contributed by atoms with van der Waals surface area (Å²) in [4.78, 5) is 23.7. The standard InChI is InChI=1S/C13H22N2O2/c1-2-14-11(8-9-4-3-5-9)12(16)13(17)15-10-6-7-10/h9-11,14H,2-8H2,1H3,(H,15,17). The van der Waals surface area contributed by atoms with Gasteiger partial charge in [-0.15, -0.1) is 0 Å². The van der Waals surface area contributed by atoms with E-state index in [0.717, 1.165) is 25.8 Å². The molecule has 0 aromatic rings. The molecule has 0 aromatic carbocycles. The van der Waals surface area contributed by atoms with Crippen LogP contribution >= 0.6 is 0 Å². The predicted octanol–water partition coefficient (Wildman–Crippen LogP) is 1.00. The molecule has 0 radical (unpaired) electrons. The van der Waals surface area contributed by atoms with Crippen molar-refractivity contribution < 1.29 is 9.59 Å². The molecule has 0 spiro atoms. The summed E-state index contributed by atoms with van der Waals surface area (Å²) in [6.07, 6.45) is 6.55. The maximum absolute atomic E-state index is 12.0. The molecule has 1 atom stereocenters. The molecule has 2 aliphatic carbocycles. The molecule has 0 saturated heterocycles. The van der Waals surface area contributed by atoms with Crippen molar-refractivity contribution in [3.8, 4) is 0 Å². The second-order valence-corrected chi connectivity index (χ2v) is 5.25. The lowest BCUT2D eigenvalue weighted by molar-refractivity contribution is -0.139. The highest BCUT2D eigenvalue weighted by atomic mass is 16.2. The van der Waals surface area contributed by atoms with Crippen LogP contribution in [-0.2, 0) is 9.59 Å². The number of nitrogens with one attached hydrogen (secondary N) is 2. The van der Waals surface area contributed by atoms with Gasteiger partial charge in [0.25, 0.3) is 5.91 Å². The van der Waals surface area contributed by atoms with Gasteiger partial charge in [0.15, 0.2) is 0 Å². The molecule has 2 aliphatic rings. The van der Waals surface area contributed by atoms with E-state index in [1.165, 1.54) is 19.3 Å². The smallest absolute Gasteiger partial charge is 0.289 e. The third-order valence-electron chi connectivity index (χ3n) is 3.70. The molecule has 0 aromatic heterocycles. The van der Waals surface area contributed by atoms with Crippen molar-refractivity contribution in [3.63, 3.8) is 0 Å². The monoisotopic (exact) mass is 238 g/mol. The van der Waals surface area contributed by atoms with E-state index in [2.05, 4.69) is 10.6 Å². The summed E-state index contributed by atoms with van der Waals surface area (Å²) in [6.45, 7) is 2.71. The molecule has 0 bridgehead atoms. The van der Waals surface area contributed by atoms with Gasteiger partial charge in [0.1, 0.15) is 0 Å². The first-order valence-electron chi connectivity index (χ1n) is 6.78. The van der Waals surface area contributed by atoms with E-state index in [1.807, 2.05) is 6.92 Å². The molecule has 2 rings (SSSR count). The maximum Gasteiger partial charge on any atom is 0.289 e. The highest BCUT2D eigenvalue weighted by Crippen LogP contribution is 2.30. The second-order valence-electron chi connectivity index (χ2n) is 5.25. The topological polar surface area (TPSA) is 58.2 Å². The molecule has 2 saturated carbocycles. The van der Waals surface area contributed by atoms with Crippen molar-refractivity contribution in [2.45, 2.75) is 57.5 Å². The molecule has 1 amide bonds. The van der Waals surface area contributed by atoms with Crippen molar-refractivity contribution in [3.05, 3.63) is 0 Å². The molecule has 0 aliphatic heterocycles. The summed E-state index contributed by atoms with van der Waals surface area (Å²) in [6, 6.07) is -0.0125. The van der Waals surface area contributed by atoms with Crippen molar-refractivity contribution in [2.24, 2.45) is 5.92 Å². The van der Waals surface area contributed by atoms with Crippen LogP contribution in [0.3, 0.4) is 0 Å². The summed E-state index contributed by atoms with van der Waals surface area (Å²) in [5.74, 6) is -0.0276. The van der Waals surface area contributed by atoms with Crippen LogP contribution in [0, 0.1) is 5.92 Å². The number of likely N-dealkylation sites (N-methyl/N-ethyl adjacent to an activating group) is 1. The Kier molecular flexibility index (Phi) is 4.15. The number of Topliss-reactive ketones (excluding diaryl/α,β-unsaturated/α-hetero) is 1. The van der Waals surface area contributed by atoms with Gasteiger partial charge in [-0.1, -0.05) is 26.2 Å². The van der Waals surface area contributed by atoms with Crippen LogP contribution in [0.1, 0.15) is 45.4 Å². The van der Waals surface area contributed by atoms with Gasteiger partial charge in [0.05, 0.1) is 6.04 Å². The number of hydrogen-bond donors (Lipinski definition) is 2. The first kappa shape index (κ1) is 12.6. The van der Waals surface area contributed by atoms with Gasteiger partial charge in [-0.05, 0) is 31.7 Å². The fraction of sp³-hybridized carbons (Fsp3) is 0.846. The van der Waals surface area contributed by atoms with Crippen molar-refractivity contribution in [1.82, 2.24) is 10.6 Å². The lowest BCUT2D eigenvalue weighted by Crippen LogP contribution is -2.47. The average Bonchev–Trinajstić information content (AvgIpc) is 3.04. The van der Waals surface area contributed by atoms with Gasteiger partial charge in [0.2, 0.25) is 5.78 Å². The summed E-state index contributed by atoms with van der Waals surface area (Å²) in [5.41, 5.74) is 0. The van der Waals surface area contributed by atoms with Crippen molar-refractivity contribution in [2.75, 3.05) is 6.54 Å². The first-order chi connectivity index (χ1) is 8.20. The fourth-order valence-electron chi connectivity index (χ4n) is 2.23. The van der Waals surface area contributed by atoms with Crippen LogP contribution in [-0.4, -0.2) is 30.3 Å². The quantitative estimate of drug-likeness (QED) is 0.651. The van der Waals surface area contributed by atoms with E-state index in [0.29, 0.717) is 5.92 Å². The second kappa shape index (κ2) is 5.63. The number of rotatable bonds is 7. The molecule has 0 heterocycles. The van der Waals surface area contributed by atoms with Crippen LogP contribution in [0.2, 0.25) is 0 Å². The average molecular weight is 238 g/mol. The molecule has 1 unspecified atom stereocenters. The highest BCUT2D eigenvalue weighted by molar-refractivity contribution is 6.38. The number of amides is 1. The van der Waals surface area contributed by atoms with E-state index in [9.17, 15) is 9.59 Å². The van der Waals surface area contributed by atoms with E-state index in [4.69, 9.17) is 0 Å². The summed E-state index contributed by atoms with van der Waals surface area (Å²) >= 11 is 0. The maximum atomic E-state index is 12.0. The summed E-state index contributed by atoms with van der Waals surface area (Å²) in [5, 5.41) is 5.92. The van der Waals surface area contributed by atoms with Gasteiger partial charge in [-0.25, -0.2) is 0 Å². The molecule has 17 heavy (non-hydrogen) atoms. The van der Waals surface area contributed by atoms with Crippen LogP contribution < -0.4 is 10.6 Å². The Morgan fingerprint density at radius 3 is 2.41 bits per heavy atom. The molecule has 4 nitrogen and oxygen atoms in total. The van der Waals surface area contributed by atoms with E-state index >= 15 is 0 Å². The first-order valence-corrected chi connectivity index (χ1v) is 6.78. The van der Waals surface area contributed by atoms with E-state index < -0.39 is 5.91 Å². The summed E-state index contributed by atoms with van der Waals surface area (Å²) < 4.78 is 0. The molecular weight excluding hydrogens is 216 g/mol. The largest absolute Gasteiger partial charge is 0.347 e. The zero-order valence-corrected chi connectivity index (χ0v) is 10.5. The lowest BCUT2D eigenvalue weighted by atomic mass is 9.80. The molecule has 96 valence electrons. The van der Waals surface area contributed by atoms with Gasteiger partial charge in [-0.3, -0.25) is 9.59 Å². The minimum atomic E-state index is -0.391. The Balaban J connectivity index is 1.83. The zero-order valence-electron chi connectivity index (χ0n) is 10.5. The Labute approximate surface area is 103 Å². The predicted molar refractivity (Wildman–Crippen MR) is 65.6 cm³/mol. The third kappa shape index (κ3) is 3.53. The third-order valence-corrected chi connectivity index (χ3v) is 3.70. The lowest BCUT2D eigenvalue weighted by Gasteiger charge is -2.29. The van der Waals surface area contributed by atoms with E-state index in [-0.39, 0.29) is 17.9 Å². The van der Waals surface area contributed by atoms with Gasteiger partial charge < -0.3 is 10.6 Å². The number of carbonyl (C=O) groups is 2. The normalized spacial score (nSPS) is 21.7. The molecule has 2 fully saturated rings. The zero-order chi connectivity index (χ0) is 12.3. The van der Waals surface area contributed by atoms with Crippen molar-refractivity contribution >= 4 is 11.7 Å². The minimum Gasteiger partial charge on any atom is -0.347 e. The fourth-order valence-corrected chi connectivity index (χ4v) is 2.23. The van der Waals surface area contributed by atoms with Crippen LogP contribution in [0.15, 0.2) is 0 Å². The highest BCUT2D eigenvalue weighted by Gasteiger charge is 2.32. The van der Waals surface area contributed by atoms with Crippen molar-refractivity contribution in [1.29, 1.82) is 0 Å². The Morgan fingerprint density at radius 2 is 1.94 bits per heavy atom. The van der Waals surface area contributed by atoms with Gasteiger partial charge >= 0.3 is 0 Å². The van der Waals surface area contributed by atoms with E-state index in [1.54, 1.807) is 0 Å². The SMILES string of the molecule is CCNC(CC1CCC1)C(=O)C(=O)NC1CC1.